The van der Waals surface area contributed by atoms with E-state index in [-0.39, 0.29) is 39.1 Å². The van der Waals surface area contributed by atoms with Gasteiger partial charge in [-0.1, -0.05) is 36.4 Å². The molecule has 0 bridgehead atoms. The number of unbranched alkanes of at least 4 members (excludes halogenated alkanes) is 1. The van der Waals surface area contributed by atoms with Crippen LogP contribution >= 0.6 is 0 Å². The molecule has 0 aliphatic rings. The predicted molar refractivity (Wildman–Crippen MR) is 180 cm³/mol. The number of amides is 2. The summed E-state index contributed by atoms with van der Waals surface area (Å²) in [6, 6.07) is 17.9. The van der Waals surface area contributed by atoms with Crippen molar-refractivity contribution in [1.82, 2.24) is 10.6 Å². The molecule has 0 radical (unpaired) electrons. The summed E-state index contributed by atoms with van der Waals surface area (Å²) in [4.78, 5) is 52.0. The molecule has 0 aromatic heterocycles. The van der Waals surface area contributed by atoms with Gasteiger partial charge in [-0.05, 0) is 85.3 Å². The van der Waals surface area contributed by atoms with Crippen LogP contribution in [0.15, 0.2) is 72.8 Å². The molecule has 3 aromatic rings. The van der Waals surface area contributed by atoms with Gasteiger partial charge in [-0.2, -0.15) is 0 Å². The molecule has 3 rings (SSSR count). The molecule has 0 saturated heterocycles. The van der Waals surface area contributed by atoms with Gasteiger partial charge in [-0.3, -0.25) is 4.79 Å². The first-order chi connectivity index (χ1) is 23.7. The van der Waals surface area contributed by atoms with Gasteiger partial charge < -0.3 is 44.8 Å². The predicted octanol–water partition coefficient (Wildman–Crippen LogP) is 4.19. The highest BCUT2D eigenvalue weighted by molar-refractivity contribution is 5.87. The normalized spacial score (nSPS) is 11.8. The molecule has 0 aliphatic carbocycles. The summed E-state index contributed by atoms with van der Waals surface area (Å²) in [7, 11) is 4.65. The van der Waals surface area contributed by atoms with Crippen LogP contribution in [0.2, 0.25) is 0 Å². The number of benzene rings is 3. The lowest BCUT2D eigenvalue weighted by molar-refractivity contribution is -0.149. The third-order valence-electron chi connectivity index (χ3n) is 7.40. The van der Waals surface area contributed by atoms with Crippen LogP contribution < -0.4 is 30.6 Å². The monoisotopic (exact) mass is 679 g/mol. The molecule has 0 unspecified atom stereocenters. The molecule has 4 N–H and O–H groups in total. The first kappa shape index (κ1) is 38.2. The molecule has 13 heteroatoms. The minimum Gasteiger partial charge on any atom is -0.497 e. The number of hydrogen-bond donors (Lipinski definition) is 3. The zero-order valence-electron chi connectivity index (χ0n) is 28.1. The Bertz CT molecular complexity index is 1460. The molecule has 0 fully saturated rings. The highest BCUT2D eigenvalue weighted by Crippen LogP contribution is 2.16. The van der Waals surface area contributed by atoms with Crippen LogP contribution in [0.1, 0.15) is 48.8 Å². The van der Waals surface area contributed by atoms with Crippen LogP contribution in [0, 0.1) is 0 Å². The maximum absolute atomic E-state index is 13.2. The Hall–Kier alpha value is -5.30. The fraction of sp³-hybridized carbons (Fsp3) is 0.389. The van der Waals surface area contributed by atoms with Gasteiger partial charge >= 0.3 is 23.9 Å². The standard InChI is InChI=1S/C36H45N3O10/c1-44-28-13-7-25(8-14-28)22-47-33(40)20-19-32(35(42)49-24-27-11-17-30(46-3)18-12-27)39-36(43)38-31(6-4-5-21-37)34(41)48-23-26-9-15-29(45-2)16-10-26/h7-18,31-32H,4-6,19-24,37H2,1-3H3,(H2,38,39,43)/t31-,32-/m0/s1. The highest BCUT2D eigenvalue weighted by atomic mass is 16.5. The number of carbonyl (C=O) groups is 4. The molecule has 49 heavy (non-hydrogen) atoms. The Morgan fingerprint density at radius 1 is 0.571 bits per heavy atom. The number of nitrogens with one attached hydrogen (secondary N) is 2. The van der Waals surface area contributed by atoms with Crippen molar-refractivity contribution < 1.29 is 47.6 Å². The van der Waals surface area contributed by atoms with Gasteiger partial charge in [-0.15, -0.1) is 0 Å². The molecule has 2 amide bonds. The summed E-state index contributed by atoms with van der Waals surface area (Å²) in [5, 5.41) is 5.17. The molecule has 0 aliphatic heterocycles. The molecular formula is C36H45N3O10. The third-order valence-corrected chi connectivity index (χ3v) is 7.40. The second-order valence-corrected chi connectivity index (χ2v) is 11.0. The van der Waals surface area contributed by atoms with Crippen molar-refractivity contribution in [3.05, 3.63) is 89.5 Å². The van der Waals surface area contributed by atoms with Gasteiger partial charge in [0.15, 0.2) is 0 Å². The maximum Gasteiger partial charge on any atom is 0.329 e. The topological polar surface area (TPSA) is 174 Å². The van der Waals surface area contributed by atoms with Crippen molar-refractivity contribution in [2.24, 2.45) is 5.73 Å². The van der Waals surface area contributed by atoms with Crippen molar-refractivity contribution in [3.63, 3.8) is 0 Å². The zero-order valence-corrected chi connectivity index (χ0v) is 28.1. The summed E-state index contributed by atoms with van der Waals surface area (Å²) in [6.07, 6.45) is 1.13. The molecule has 264 valence electrons. The van der Waals surface area contributed by atoms with Crippen LogP contribution in [-0.4, -0.2) is 63.9 Å². The van der Waals surface area contributed by atoms with Crippen molar-refractivity contribution in [1.29, 1.82) is 0 Å². The van der Waals surface area contributed by atoms with E-state index in [1.54, 1.807) is 94.1 Å². The lowest BCUT2D eigenvalue weighted by Gasteiger charge is -2.21. The second-order valence-electron chi connectivity index (χ2n) is 11.0. The number of hydrogen-bond acceptors (Lipinski definition) is 11. The van der Waals surface area contributed by atoms with Gasteiger partial charge in [0, 0.05) is 6.42 Å². The van der Waals surface area contributed by atoms with Gasteiger partial charge in [0.1, 0.15) is 49.2 Å². The van der Waals surface area contributed by atoms with E-state index in [9.17, 15) is 19.2 Å². The first-order valence-corrected chi connectivity index (χ1v) is 15.9. The summed E-state index contributed by atoms with van der Waals surface area (Å²) in [6.45, 7) is 0.339. The molecule has 0 saturated carbocycles. The van der Waals surface area contributed by atoms with Crippen LogP contribution in [0.3, 0.4) is 0 Å². The van der Waals surface area contributed by atoms with Crippen LogP contribution in [-0.2, 0) is 48.4 Å². The summed E-state index contributed by atoms with van der Waals surface area (Å²) in [5.74, 6) is -0.0200. The van der Waals surface area contributed by atoms with Crippen molar-refractivity contribution in [2.75, 3.05) is 27.9 Å². The second kappa shape index (κ2) is 20.8. The average Bonchev–Trinajstić information content (AvgIpc) is 3.13. The van der Waals surface area contributed by atoms with E-state index in [0.29, 0.717) is 42.2 Å². The fourth-order valence-electron chi connectivity index (χ4n) is 4.52. The molecular weight excluding hydrogens is 634 g/mol. The van der Waals surface area contributed by atoms with E-state index in [4.69, 9.17) is 34.2 Å². The lowest BCUT2D eigenvalue weighted by atomic mass is 10.1. The lowest BCUT2D eigenvalue weighted by Crippen LogP contribution is -2.51. The van der Waals surface area contributed by atoms with Crippen LogP contribution in [0.25, 0.3) is 0 Å². The minimum atomic E-state index is -1.23. The fourth-order valence-corrected chi connectivity index (χ4v) is 4.52. The SMILES string of the molecule is COc1ccc(COC(=O)CC[C@H](NC(=O)N[C@@H](CCCCN)C(=O)OCc2ccc(OC)cc2)C(=O)OCc2ccc(OC)cc2)cc1. The summed E-state index contributed by atoms with van der Waals surface area (Å²) < 4.78 is 31.8. The molecule has 13 nitrogen and oxygen atoms in total. The summed E-state index contributed by atoms with van der Waals surface area (Å²) >= 11 is 0. The Morgan fingerprint density at radius 3 is 1.35 bits per heavy atom. The number of nitrogens with two attached hydrogens (primary N) is 1. The van der Waals surface area contributed by atoms with Gasteiger partial charge in [-0.25, -0.2) is 14.4 Å². The van der Waals surface area contributed by atoms with Crippen molar-refractivity contribution >= 4 is 23.9 Å². The van der Waals surface area contributed by atoms with Crippen LogP contribution in [0.5, 0.6) is 17.2 Å². The smallest absolute Gasteiger partial charge is 0.329 e. The number of carbonyl (C=O) groups excluding carboxylic acids is 4. The minimum absolute atomic E-state index is 0.0154. The Kier molecular flexibility index (Phi) is 16.2. The average molecular weight is 680 g/mol. The largest absolute Gasteiger partial charge is 0.497 e. The van der Waals surface area contributed by atoms with Crippen molar-refractivity contribution in [3.8, 4) is 17.2 Å². The molecule has 0 heterocycles. The van der Waals surface area contributed by atoms with Crippen LogP contribution in [0.4, 0.5) is 4.79 Å². The van der Waals surface area contributed by atoms with Gasteiger partial charge in [0.05, 0.1) is 21.3 Å². The number of ether oxygens (including phenoxy) is 6. The Morgan fingerprint density at radius 2 is 0.959 bits per heavy atom. The quantitative estimate of drug-likeness (QED) is 0.0888. The summed E-state index contributed by atoms with van der Waals surface area (Å²) in [5.41, 5.74) is 7.81. The van der Waals surface area contributed by atoms with Gasteiger partial charge in [0.2, 0.25) is 0 Å². The zero-order chi connectivity index (χ0) is 35.4. The maximum atomic E-state index is 13.2. The van der Waals surface area contributed by atoms with Crippen molar-refractivity contribution in [2.45, 2.75) is 64.0 Å². The van der Waals surface area contributed by atoms with E-state index in [0.717, 1.165) is 11.1 Å². The number of rotatable bonds is 20. The molecule has 0 spiro atoms. The first-order valence-electron chi connectivity index (χ1n) is 15.9. The number of methoxy groups -OCH3 is 3. The van der Waals surface area contributed by atoms with Gasteiger partial charge in [0.25, 0.3) is 0 Å². The van der Waals surface area contributed by atoms with E-state index < -0.39 is 36.0 Å². The molecule has 3 aromatic carbocycles. The molecule has 2 atom stereocenters. The highest BCUT2D eigenvalue weighted by Gasteiger charge is 2.27. The Balaban J connectivity index is 1.63. The number of esters is 3. The van der Waals surface area contributed by atoms with E-state index in [2.05, 4.69) is 10.6 Å². The Labute approximate surface area is 286 Å². The van der Waals surface area contributed by atoms with E-state index in [1.807, 2.05) is 0 Å². The number of urea groups is 1. The third kappa shape index (κ3) is 13.8. The van der Waals surface area contributed by atoms with E-state index in [1.165, 1.54) is 0 Å². The van der Waals surface area contributed by atoms with E-state index >= 15 is 0 Å².